The lowest BCUT2D eigenvalue weighted by atomic mass is 10.1. The number of thiocarbonyl (C=S) groups is 1. The summed E-state index contributed by atoms with van der Waals surface area (Å²) >= 11 is 12.0. The van der Waals surface area contributed by atoms with Crippen LogP contribution < -0.4 is 9.47 Å². The van der Waals surface area contributed by atoms with Crippen molar-refractivity contribution in [3.63, 3.8) is 0 Å². The van der Waals surface area contributed by atoms with Crippen molar-refractivity contribution >= 4 is 40.5 Å². The highest BCUT2D eigenvalue weighted by atomic mass is 35.5. The third-order valence-corrected chi connectivity index (χ3v) is 5.14. The molecule has 2 aromatic rings. The van der Waals surface area contributed by atoms with Gasteiger partial charge in [0.15, 0.2) is 11.5 Å². The first-order valence-corrected chi connectivity index (χ1v) is 9.99. The topological polar surface area (TPSA) is 91.1 Å². The Morgan fingerprint density at radius 1 is 1.23 bits per heavy atom. The molecule has 1 aliphatic heterocycles. The predicted molar refractivity (Wildman–Crippen MR) is 115 cm³/mol. The lowest BCUT2D eigenvalue weighted by molar-refractivity contribution is -0.384. The quantitative estimate of drug-likeness (QED) is 0.215. The number of ether oxygens (including phenoxy) is 3. The number of rotatable bonds is 6. The maximum absolute atomic E-state index is 12.5. The third kappa shape index (κ3) is 5.05. The highest BCUT2D eigenvalue weighted by molar-refractivity contribution is 7.80. The average molecular weight is 451 g/mol. The summed E-state index contributed by atoms with van der Waals surface area (Å²) in [7, 11) is 0. The van der Waals surface area contributed by atoms with Crippen LogP contribution in [0.25, 0.3) is 0 Å². The van der Waals surface area contributed by atoms with E-state index in [0.29, 0.717) is 43.5 Å². The molecule has 1 heterocycles. The van der Waals surface area contributed by atoms with Gasteiger partial charge in [-0.15, -0.1) is 0 Å². The molecule has 0 unspecified atom stereocenters. The SMILES string of the molecule is CCOc1cc(C(=S)N2CCOCC2)cc(Cl)c1OC(=O)c1ccc([N+](=O)[O-])cc1. The average Bonchev–Trinajstić information content (AvgIpc) is 2.76. The van der Waals surface area contributed by atoms with Gasteiger partial charge in [0.05, 0.1) is 35.3 Å². The van der Waals surface area contributed by atoms with Crippen molar-refractivity contribution in [1.29, 1.82) is 0 Å². The summed E-state index contributed by atoms with van der Waals surface area (Å²) in [5, 5.41) is 10.9. The molecule has 8 nitrogen and oxygen atoms in total. The van der Waals surface area contributed by atoms with Gasteiger partial charge in [0.2, 0.25) is 0 Å². The third-order valence-electron chi connectivity index (χ3n) is 4.36. The second-order valence-corrected chi connectivity index (χ2v) is 7.11. The molecule has 1 aliphatic rings. The van der Waals surface area contributed by atoms with Crippen molar-refractivity contribution in [2.45, 2.75) is 6.92 Å². The van der Waals surface area contributed by atoms with Gasteiger partial charge in [-0.3, -0.25) is 10.1 Å². The number of halogens is 1. The molecule has 3 rings (SSSR count). The predicted octanol–water partition coefficient (Wildman–Crippen LogP) is 3.87. The van der Waals surface area contributed by atoms with Gasteiger partial charge < -0.3 is 19.1 Å². The molecular formula is C20H19ClN2O6S. The molecule has 0 atom stereocenters. The Hall–Kier alpha value is -2.75. The zero-order valence-electron chi connectivity index (χ0n) is 16.1. The number of carbonyl (C=O) groups is 1. The first kappa shape index (κ1) is 21.9. The second-order valence-electron chi connectivity index (χ2n) is 6.32. The van der Waals surface area contributed by atoms with Crippen molar-refractivity contribution in [2.24, 2.45) is 0 Å². The zero-order valence-corrected chi connectivity index (χ0v) is 17.7. The van der Waals surface area contributed by atoms with E-state index in [1.54, 1.807) is 19.1 Å². The Morgan fingerprint density at radius 2 is 1.90 bits per heavy atom. The summed E-state index contributed by atoms with van der Waals surface area (Å²) in [5.74, 6) is -0.363. The molecule has 0 radical (unpaired) electrons. The molecule has 2 aromatic carbocycles. The van der Waals surface area contributed by atoms with Crippen LogP contribution in [0.2, 0.25) is 5.02 Å². The number of esters is 1. The van der Waals surface area contributed by atoms with E-state index in [1.807, 2.05) is 4.90 Å². The first-order valence-electron chi connectivity index (χ1n) is 9.20. The van der Waals surface area contributed by atoms with E-state index in [1.165, 1.54) is 24.3 Å². The van der Waals surface area contributed by atoms with Crippen LogP contribution in [0.1, 0.15) is 22.8 Å². The number of nitro groups is 1. The van der Waals surface area contributed by atoms with E-state index in [4.69, 9.17) is 38.0 Å². The van der Waals surface area contributed by atoms with Crippen molar-refractivity contribution in [1.82, 2.24) is 4.90 Å². The van der Waals surface area contributed by atoms with Gasteiger partial charge in [-0.2, -0.15) is 0 Å². The summed E-state index contributed by atoms with van der Waals surface area (Å²) in [4.78, 5) is 25.4. The van der Waals surface area contributed by atoms with Crippen LogP contribution in [0.3, 0.4) is 0 Å². The molecule has 10 heteroatoms. The number of nitro benzene ring substituents is 1. The Labute approximate surface area is 183 Å². The van der Waals surface area contributed by atoms with Gasteiger partial charge in [-0.25, -0.2) is 4.79 Å². The van der Waals surface area contributed by atoms with Gasteiger partial charge in [-0.1, -0.05) is 23.8 Å². The van der Waals surface area contributed by atoms with Crippen molar-refractivity contribution in [3.8, 4) is 11.5 Å². The maximum Gasteiger partial charge on any atom is 0.343 e. The molecule has 0 aliphatic carbocycles. The van der Waals surface area contributed by atoms with Crippen LogP contribution >= 0.6 is 23.8 Å². The minimum Gasteiger partial charge on any atom is -0.490 e. The van der Waals surface area contributed by atoms with Gasteiger partial charge in [-0.05, 0) is 31.2 Å². The van der Waals surface area contributed by atoms with Gasteiger partial charge in [0, 0.05) is 30.8 Å². The minimum absolute atomic E-state index is 0.0652. The Morgan fingerprint density at radius 3 is 2.50 bits per heavy atom. The molecule has 0 N–H and O–H groups in total. The summed E-state index contributed by atoms with van der Waals surface area (Å²) in [6.07, 6.45) is 0. The number of non-ortho nitro benzene ring substituents is 1. The van der Waals surface area contributed by atoms with Crippen LogP contribution in [0.4, 0.5) is 5.69 Å². The molecular weight excluding hydrogens is 432 g/mol. The monoisotopic (exact) mass is 450 g/mol. The van der Waals surface area contributed by atoms with Crippen LogP contribution in [-0.4, -0.2) is 53.7 Å². The van der Waals surface area contributed by atoms with Gasteiger partial charge in [0.1, 0.15) is 4.99 Å². The van der Waals surface area contributed by atoms with Gasteiger partial charge >= 0.3 is 5.97 Å². The van der Waals surface area contributed by atoms with E-state index in [9.17, 15) is 14.9 Å². The normalized spacial score (nSPS) is 13.6. The molecule has 30 heavy (non-hydrogen) atoms. The minimum atomic E-state index is -0.712. The Kier molecular flexibility index (Phi) is 7.20. The molecule has 0 spiro atoms. The van der Waals surface area contributed by atoms with Crippen molar-refractivity contribution in [3.05, 3.63) is 62.7 Å². The molecule has 0 saturated carbocycles. The van der Waals surface area contributed by atoms with Crippen molar-refractivity contribution < 1.29 is 23.9 Å². The molecule has 1 saturated heterocycles. The summed E-state index contributed by atoms with van der Waals surface area (Å²) < 4.78 is 16.4. The van der Waals surface area contributed by atoms with E-state index in [-0.39, 0.29) is 27.8 Å². The Bertz CT molecular complexity index is 961. The number of morpholine rings is 1. The molecule has 0 bridgehead atoms. The fourth-order valence-corrected chi connectivity index (χ4v) is 3.42. The molecule has 1 fully saturated rings. The number of hydrogen-bond acceptors (Lipinski definition) is 7. The van der Waals surface area contributed by atoms with Crippen LogP contribution in [0, 0.1) is 10.1 Å². The highest BCUT2D eigenvalue weighted by Gasteiger charge is 2.22. The number of carbonyl (C=O) groups excluding carboxylic acids is 1. The van der Waals surface area contributed by atoms with Crippen molar-refractivity contribution in [2.75, 3.05) is 32.9 Å². The fourth-order valence-electron chi connectivity index (χ4n) is 2.87. The smallest absolute Gasteiger partial charge is 0.343 e. The zero-order chi connectivity index (χ0) is 21.7. The van der Waals surface area contributed by atoms with E-state index in [2.05, 4.69) is 0 Å². The molecule has 0 amide bonds. The maximum atomic E-state index is 12.5. The standard InChI is InChI=1S/C20H19ClN2O6S/c1-2-28-17-12-14(19(30)22-7-9-27-10-8-22)11-16(21)18(17)29-20(24)13-3-5-15(6-4-13)23(25)26/h3-6,11-12H,2,7-10H2,1H3. The summed E-state index contributed by atoms with van der Waals surface area (Å²) in [6.45, 7) is 4.66. The second kappa shape index (κ2) is 9.84. The van der Waals surface area contributed by atoms with Crippen LogP contribution in [-0.2, 0) is 4.74 Å². The highest BCUT2D eigenvalue weighted by Crippen LogP contribution is 2.38. The Balaban J connectivity index is 1.85. The summed E-state index contributed by atoms with van der Waals surface area (Å²) in [6, 6.07) is 8.40. The summed E-state index contributed by atoms with van der Waals surface area (Å²) in [5.41, 5.74) is 0.697. The first-order chi connectivity index (χ1) is 14.4. The number of nitrogens with zero attached hydrogens (tertiary/aromatic N) is 2. The lowest BCUT2D eigenvalue weighted by Crippen LogP contribution is -2.40. The van der Waals surface area contributed by atoms with Crippen LogP contribution in [0.5, 0.6) is 11.5 Å². The van der Waals surface area contributed by atoms with Gasteiger partial charge in [0.25, 0.3) is 5.69 Å². The van der Waals surface area contributed by atoms with Crippen LogP contribution in [0.15, 0.2) is 36.4 Å². The molecule has 0 aromatic heterocycles. The van der Waals surface area contributed by atoms with E-state index < -0.39 is 10.9 Å². The van der Waals surface area contributed by atoms with E-state index in [0.717, 1.165) is 0 Å². The molecule has 158 valence electrons. The fraction of sp³-hybridized carbons (Fsp3) is 0.300. The van der Waals surface area contributed by atoms with E-state index >= 15 is 0 Å². The number of benzene rings is 2. The lowest BCUT2D eigenvalue weighted by Gasteiger charge is -2.29. The largest absolute Gasteiger partial charge is 0.490 e. The number of hydrogen-bond donors (Lipinski definition) is 0.